The summed E-state index contributed by atoms with van der Waals surface area (Å²) in [6.07, 6.45) is -0.776. The highest BCUT2D eigenvalue weighted by atomic mass is 35.5. The van der Waals surface area contributed by atoms with Gasteiger partial charge in [-0.1, -0.05) is 41.4 Å². The van der Waals surface area contributed by atoms with Crippen molar-refractivity contribution in [3.05, 3.63) is 82.3 Å². The van der Waals surface area contributed by atoms with Crippen molar-refractivity contribution in [3.8, 4) is 23.0 Å². The Balaban J connectivity index is 1.93. The Bertz CT molecular complexity index is 867. The van der Waals surface area contributed by atoms with Crippen LogP contribution in [0.4, 0.5) is 0 Å². The van der Waals surface area contributed by atoms with E-state index in [1.807, 2.05) is 54.6 Å². The fraction of sp³-hybridized carbons (Fsp3) is 0.100. The first-order chi connectivity index (χ1) is 12.6. The number of phenolic OH excluding ortho intramolecular Hbond substituents is 1. The molecule has 0 saturated carbocycles. The van der Waals surface area contributed by atoms with E-state index in [0.29, 0.717) is 11.5 Å². The fourth-order valence-electron chi connectivity index (χ4n) is 2.27. The van der Waals surface area contributed by atoms with Gasteiger partial charge in [0.1, 0.15) is 23.0 Å². The van der Waals surface area contributed by atoms with E-state index < -0.39 is 6.29 Å². The first kappa shape index (κ1) is 18.2. The highest BCUT2D eigenvalue weighted by Gasteiger charge is 2.18. The van der Waals surface area contributed by atoms with Crippen LogP contribution in [0.15, 0.2) is 66.7 Å². The third-order valence-electron chi connectivity index (χ3n) is 3.61. The van der Waals surface area contributed by atoms with Gasteiger partial charge in [-0.15, -0.1) is 0 Å². The summed E-state index contributed by atoms with van der Waals surface area (Å²) in [5.74, 6) is 1.53. The van der Waals surface area contributed by atoms with Crippen LogP contribution < -0.4 is 14.2 Å². The van der Waals surface area contributed by atoms with Crippen LogP contribution in [0.2, 0.25) is 10.0 Å². The molecular weight excluding hydrogens is 375 g/mol. The molecule has 0 spiro atoms. The first-order valence-electron chi connectivity index (χ1n) is 7.77. The summed E-state index contributed by atoms with van der Waals surface area (Å²) in [5, 5.41) is 10.0. The molecule has 6 heteroatoms. The quantitative estimate of drug-likeness (QED) is 0.535. The third kappa shape index (κ3) is 4.34. The van der Waals surface area contributed by atoms with Gasteiger partial charge in [0.15, 0.2) is 0 Å². The molecule has 1 atom stereocenters. The molecule has 4 nitrogen and oxygen atoms in total. The number of aromatic hydroxyl groups is 1. The van der Waals surface area contributed by atoms with E-state index in [9.17, 15) is 5.11 Å². The maximum Gasteiger partial charge on any atom is 0.267 e. The van der Waals surface area contributed by atoms with Gasteiger partial charge in [0.05, 0.1) is 17.2 Å². The molecule has 3 aromatic rings. The smallest absolute Gasteiger partial charge is 0.267 e. The number of para-hydroxylation sites is 1. The van der Waals surface area contributed by atoms with E-state index in [2.05, 4.69) is 0 Å². The van der Waals surface area contributed by atoms with Crippen LogP contribution in [-0.4, -0.2) is 12.2 Å². The Hall–Kier alpha value is -2.56. The summed E-state index contributed by atoms with van der Waals surface area (Å²) in [4.78, 5) is 0. The maximum absolute atomic E-state index is 9.65. The molecule has 0 fully saturated rings. The summed E-state index contributed by atoms with van der Waals surface area (Å²) >= 11 is 12.1. The van der Waals surface area contributed by atoms with Gasteiger partial charge in [-0.25, -0.2) is 0 Å². The van der Waals surface area contributed by atoms with Gasteiger partial charge < -0.3 is 19.3 Å². The summed E-state index contributed by atoms with van der Waals surface area (Å²) in [6, 6.07) is 19.3. The highest BCUT2D eigenvalue weighted by Crippen LogP contribution is 2.37. The van der Waals surface area contributed by atoms with Gasteiger partial charge in [-0.05, 0) is 36.4 Å². The van der Waals surface area contributed by atoms with Crippen LogP contribution in [0.1, 0.15) is 11.9 Å². The van der Waals surface area contributed by atoms with Crippen molar-refractivity contribution >= 4 is 23.2 Å². The number of ether oxygens (including phenoxy) is 3. The second-order valence-corrected chi connectivity index (χ2v) is 6.20. The number of halogens is 2. The molecule has 3 aromatic carbocycles. The number of benzene rings is 3. The lowest BCUT2D eigenvalue weighted by Crippen LogP contribution is -2.15. The van der Waals surface area contributed by atoms with Crippen LogP contribution in [0.3, 0.4) is 0 Å². The van der Waals surface area contributed by atoms with Crippen LogP contribution in [0.25, 0.3) is 0 Å². The van der Waals surface area contributed by atoms with E-state index in [-0.39, 0.29) is 15.8 Å². The van der Waals surface area contributed by atoms with Gasteiger partial charge in [0.2, 0.25) is 0 Å². The molecule has 1 N–H and O–H groups in total. The van der Waals surface area contributed by atoms with Crippen molar-refractivity contribution in [2.75, 3.05) is 7.11 Å². The molecule has 0 radical (unpaired) electrons. The number of hydrogen-bond donors (Lipinski definition) is 1. The van der Waals surface area contributed by atoms with Crippen molar-refractivity contribution in [3.63, 3.8) is 0 Å². The van der Waals surface area contributed by atoms with Gasteiger partial charge in [-0.3, -0.25) is 0 Å². The summed E-state index contributed by atoms with van der Waals surface area (Å²) in [6.45, 7) is 0. The molecule has 0 amide bonds. The lowest BCUT2D eigenvalue weighted by Gasteiger charge is -2.22. The standard InChI is InChI=1S/C20H16Cl2O4/c1-24-14-9-7-13(8-10-14)20(25-15-5-3-2-4-6-15)26-19-12-16(21)18(23)11-17(19)22/h2-12,20,23H,1H3. The largest absolute Gasteiger partial charge is 0.506 e. The van der Waals surface area contributed by atoms with Crippen molar-refractivity contribution in [2.24, 2.45) is 0 Å². The van der Waals surface area contributed by atoms with E-state index >= 15 is 0 Å². The Labute approximate surface area is 161 Å². The molecule has 0 aliphatic heterocycles. The highest BCUT2D eigenvalue weighted by molar-refractivity contribution is 6.35. The van der Waals surface area contributed by atoms with Gasteiger partial charge in [0, 0.05) is 17.7 Å². The second-order valence-electron chi connectivity index (χ2n) is 5.39. The predicted molar refractivity (Wildman–Crippen MR) is 102 cm³/mol. The van der Waals surface area contributed by atoms with E-state index in [1.54, 1.807) is 7.11 Å². The summed E-state index contributed by atoms with van der Waals surface area (Å²) in [7, 11) is 1.60. The maximum atomic E-state index is 9.65. The van der Waals surface area contributed by atoms with E-state index in [4.69, 9.17) is 37.4 Å². The topological polar surface area (TPSA) is 47.9 Å². The Morgan fingerprint density at radius 2 is 1.50 bits per heavy atom. The number of hydrogen-bond acceptors (Lipinski definition) is 4. The molecular formula is C20H16Cl2O4. The predicted octanol–water partition coefficient (Wildman–Crippen LogP) is 5.86. The van der Waals surface area contributed by atoms with Gasteiger partial charge in [0.25, 0.3) is 6.29 Å². The Morgan fingerprint density at radius 1 is 0.808 bits per heavy atom. The molecule has 0 bridgehead atoms. The van der Waals surface area contributed by atoms with Crippen molar-refractivity contribution in [1.29, 1.82) is 0 Å². The fourth-order valence-corrected chi connectivity index (χ4v) is 2.62. The van der Waals surface area contributed by atoms with Gasteiger partial charge >= 0.3 is 0 Å². The molecule has 0 aliphatic carbocycles. The minimum atomic E-state index is -0.776. The van der Waals surface area contributed by atoms with Crippen LogP contribution in [0, 0.1) is 0 Å². The first-order valence-corrected chi connectivity index (χ1v) is 8.52. The molecule has 1 unspecified atom stereocenters. The van der Waals surface area contributed by atoms with E-state index in [0.717, 1.165) is 11.3 Å². The summed E-state index contributed by atoms with van der Waals surface area (Å²) in [5.41, 5.74) is 0.759. The molecule has 26 heavy (non-hydrogen) atoms. The van der Waals surface area contributed by atoms with Crippen molar-refractivity contribution < 1.29 is 19.3 Å². The Kier molecular flexibility index (Phi) is 5.76. The molecule has 0 heterocycles. The molecule has 0 aromatic heterocycles. The second kappa shape index (κ2) is 8.21. The summed E-state index contributed by atoms with van der Waals surface area (Å²) < 4.78 is 17.1. The molecule has 0 saturated heterocycles. The van der Waals surface area contributed by atoms with Crippen molar-refractivity contribution in [1.82, 2.24) is 0 Å². The number of methoxy groups -OCH3 is 1. The lowest BCUT2D eigenvalue weighted by atomic mass is 10.2. The zero-order valence-electron chi connectivity index (χ0n) is 13.9. The normalized spacial score (nSPS) is 11.7. The zero-order valence-corrected chi connectivity index (χ0v) is 15.4. The van der Waals surface area contributed by atoms with Crippen molar-refractivity contribution in [2.45, 2.75) is 6.29 Å². The van der Waals surface area contributed by atoms with Crippen LogP contribution in [0.5, 0.6) is 23.0 Å². The minimum Gasteiger partial charge on any atom is -0.506 e. The number of rotatable bonds is 6. The monoisotopic (exact) mass is 390 g/mol. The lowest BCUT2D eigenvalue weighted by molar-refractivity contribution is 0.00383. The molecule has 3 rings (SSSR count). The molecule has 0 aliphatic rings. The van der Waals surface area contributed by atoms with Gasteiger partial charge in [-0.2, -0.15) is 0 Å². The van der Waals surface area contributed by atoms with Crippen LogP contribution in [-0.2, 0) is 0 Å². The zero-order chi connectivity index (χ0) is 18.5. The van der Waals surface area contributed by atoms with Crippen LogP contribution >= 0.6 is 23.2 Å². The Morgan fingerprint density at radius 3 is 2.15 bits per heavy atom. The third-order valence-corrected chi connectivity index (χ3v) is 4.21. The SMILES string of the molecule is COc1ccc(C(Oc2ccccc2)Oc2cc(Cl)c(O)cc2Cl)cc1. The number of phenols is 1. The molecule has 134 valence electrons. The van der Waals surface area contributed by atoms with E-state index in [1.165, 1.54) is 12.1 Å². The average Bonchev–Trinajstić information content (AvgIpc) is 2.66. The minimum absolute atomic E-state index is 0.117. The average molecular weight is 391 g/mol.